The van der Waals surface area contributed by atoms with Gasteiger partial charge in [-0.3, -0.25) is 9.59 Å². The molecule has 0 fully saturated rings. The maximum Gasteiger partial charge on any atom is 0.251 e. The Morgan fingerprint density at radius 1 is 1.32 bits per heavy atom. The third kappa shape index (κ3) is 4.06. The standard InChI is InChI=1S/C14H20N2O3/c1-14(2,3)10-7-5-4-6-9(10)13(19)16-8-11(17)12(15)18/h4-7,11,17H,8H2,1-3H3,(H2,15,18)(H,16,19). The second-order valence-corrected chi connectivity index (χ2v) is 5.42. The minimum absolute atomic E-state index is 0.170. The van der Waals surface area contributed by atoms with Crippen molar-refractivity contribution in [3.63, 3.8) is 0 Å². The molecule has 1 aromatic rings. The van der Waals surface area contributed by atoms with Gasteiger partial charge in [0, 0.05) is 5.56 Å². The van der Waals surface area contributed by atoms with E-state index in [1.54, 1.807) is 12.1 Å². The van der Waals surface area contributed by atoms with E-state index in [-0.39, 0.29) is 17.9 Å². The van der Waals surface area contributed by atoms with Gasteiger partial charge in [-0.2, -0.15) is 0 Å². The Labute approximate surface area is 112 Å². The molecule has 0 saturated carbocycles. The Kier molecular flexibility index (Phi) is 4.67. The quantitative estimate of drug-likeness (QED) is 0.742. The van der Waals surface area contributed by atoms with E-state index in [4.69, 9.17) is 5.73 Å². The summed E-state index contributed by atoms with van der Waals surface area (Å²) in [5.74, 6) is -1.18. The van der Waals surface area contributed by atoms with E-state index in [1.807, 2.05) is 32.9 Å². The molecule has 0 aliphatic heterocycles. The van der Waals surface area contributed by atoms with Crippen LogP contribution < -0.4 is 11.1 Å². The molecule has 0 aliphatic rings. The lowest BCUT2D eigenvalue weighted by atomic mass is 9.83. The summed E-state index contributed by atoms with van der Waals surface area (Å²) in [6, 6.07) is 7.25. The number of carbonyl (C=O) groups is 2. The third-order valence-corrected chi connectivity index (χ3v) is 2.76. The van der Waals surface area contributed by atoms with Crippen LogP contribution >= 0.6 is 0 Å². The molecular formula is C14H20N2O3. The Morgan fingerprint density at radius 2 is 1.89 bits per heavy atom. The average molecular weight is 264 g/mol. The first kappa shape index (κ1) is 15.2. The zero-order chi connectivity index (χ0) is 14.6. The number of nitrogens with two attached hydrogens (primary N) is 1. The van der Waals surface area contributed by atoms with Gasteiger partial charge in [-0.1, -0.05) is 39.0 Å². The monoisotopic (exact) mass is 264 g/mol. The number of nitrogens with one attached hydrogen (secondary N) is 1. The van der Waals surface area contributed by atoms with Crippen LogP contribution in [-0.4, -0.2) is 29.6 Å². The summed E-state index contributed by atoms with van der Waals surface area (Å²) < 4.78 is 0. The number of hydrogen-bond acceptors (Lipinski definition) is 3. The number of primary amides is 1. The zero-order valence-electron chi connectivity index (χ0n) is 11.4. The summed E-state index contributed by atoms with van der Waals surface area (Å²) in [5.41, 5.74) is 6.19. The van der Waals surface area contributed by atoms with Crippen molar-refractivity contribution < 1.29 is 14.7 Å². The Bertz CT molecular complexity index is 478. The van der Waals surface area contributed by atoms with Crippen LogP contribution in [0.25, 0.3) is 0 Å². The molecule has 0 saturated heterocycles. The van der Waals surface area contributed by atoms with Gasteiger partial charge < -0.3 is 16.2 Å². The number of aliphatic hydroxyl groups is 1. The van der Waals surface area contributed by atoms with Crippen molar-refractivity contribution in [1.82, 2.24) is 5.32 Å². The fourth-order valence-electron chi connectivity index (χ4n) is 1.72. The first-order chi connectivity index (χ1) is 8.73. The first-order valence-electron chi connectivity index (χ1n) is 6.08. The second kappa shape index (κ2) is 5.84. The number of rotatable bonds is 4. The molecule has 1 unspecified atom stereocenters. The molecule has 0 spiro atoms. The van der Waals surface area contributed by atoms with Crippen LogP contribution in [0.1, 0.15) is 36.7 Å². The molecule has 0 bridgehead atoms. The minimum Gasteiger partial charge on any atom is -0.381 e. The molecule has 1 atom stereocenters. The van der Waals surface area contributed by atoms with E-state index in [1.165, 1.54) is 0 Å². The molecule has 1 rings (SSSR count). The lowest BCUT2D eigenvalue weighted by molar-refractivity contribution is -0.125. The molecule has 5 heteroatoms. The smallest absolute Gasteiger partial charge is 0.251 e. The minimum atomic E-state index is -1.37. The van der Waals surface area contributed by atoms with Crippen LogP contribution in [-0.2, 0) is 10.2 Å². The van der Waals surface area contributed by atoms with Gasteiger partial charge in [0.2, 0.25) is 5.91 Å². The highest BCUT2D eigenvalue weighted by molar-refractivity contribution is 5.96. The summed E-state index contributed by atoms with van der Waals surface area (Å²) in [7, 11) is 0. The zero-order valence-corrected chi connectivity index (χ0v) is 11.4. The third-order valence-electron chi connectivity index (χ3n) is 2.76. The van der Waals surface area contributed by atoms with Crippen LogP contribution in [0.3, 0.4) is 0 Å². The Balaban J connectivity index is 2.86. The van der Waals surface area contributed by atoms with Gasteiger partial charge >= 0.3 is 0 Å². The molecule has 2 amide bonds. The first-order valence-corrected chi connectivity index (χ1v) is 6.08. The number of benzene rings is 1. The van der Waals surface area contributed by atoms with Crippen molar-refractivity contribution >= 4 is 11.8 Å². The second-order valence-electron chi connectivity index (χ2n) is 5.42. The van der Waals surface area contributed by atoms with Gasteiger partial charge in [-0.15, -0.1) is 0 Å². The van der Waals surface area contributed by atoms with E-state index in [9.17, 15) is 14.7 Å². The van der Waals surface area contributed by atoms with Crippen molar-refractivity contribution in [3.05, 3.63) is 35.4 Å². The molecule has 0 heterocycles. The molecular weight excluding hydrogens is 244 g/mol. The normalized spacial score (nSPS) is 12.8. The highest BCUT2D eigenvalue weighted by Gasteiger charge is 2.21. The van der Waals surface area contributed by atoms with Crippen LogP contribution in [0.4, 0.5) is 0 Å². The van der Waals surface area contributed by atoms with Gasteiger partial charge in [0.1, 0.15) is 6.10 Å². The summed E-state index contributed by atoms with van der Waals surface area (Å²) in [6.07, 6.45) is -1.37. The van der Waals surface area contributed by atoms with Crippen molar-refractivity contribution in [2.45, 2.75) is 32.3 Å². The van der Waals surface area contributed by atoms with E-state index in [2.05, 4.69) is 5.32 Å². The fourth-order valence-corrected chi connectivity index (χ4v) is 1.72. The largest absolute Gasteiger partial charge is 0.381 e. The van der Waals surface area contributed by atoms with E-state index < -0.39 is 12.0 Å². The number of amides is 2. The highest BCUT2D eigenvalue weighted by atomic mass is 16.3. The molecule has 0 aliphatic carbocycles. The molecule has 5 nitrogen and oxygen atoms in total. The van der Waals surface area contributed by atoms with E-state index >= 15 is 0 Å². The number of carbonyl (C=O) groups excluding carboxylic acids is 2. The number of hydrogen-bond donors (Lipinski definition) is 3. The molecule has 19 heavy (non-hydrogen) atoms. The van der Waals surface area contributed by atoms with Gasteiger partial charge in [0.15, 0.2) is 0 Å². The summed E-state index contributed by atoms with van der Waals surface area (Å²) in [6.45, 7) is 5.85. The van der Waals surface area contributed by atoms with Crippen LogP contribution in [0, 0.1) is 0 Å². The molecule has 4 N–H and O–H groups in total. The van der Waals surface area contributed by atoms with Crippen molar-refractivity contribution in [1.29, 1.82) is 0 Å². The molecule has 1 aromatic carbocycles. The van der Waals surface area contributed by atoms with Crippen molar-refractivity contribution in [3.8, 4) is 0 Å². The van der Waals surface area contributed by atoms with Gasteiger partial charge in [-0.25, -0.2) is 0 Å². The maximum atomic E-state index is 12.1. The molecule has 104 valence electrons. The van der Waals surface area contributed by atoms with E-state index in [0.717, 1.165) is 5.56 Å². The maximum absolute atomic E-state index is 12.1. The number of aliphatic hydroxyl groups excluding tert-OH is 1. The lowest BCUT2D eigenvalue weighted by Gasteiger charge is -2.22. The summed E-state index contributed by atoms with van der Waals surface area (Å²) in [5, 5.41) is 11.8. The molecule has 0 radical (unpaired) electrons. The highest BCUT2D eigenvalue weighted by Crippen LogP contribution is 2.25. The fraction of sp³-hybridized carbons (Fsp3) is 0.429. The summed E-state index contributed by atoms with van der Waals surface area (Å²) >= 11 is 0. The van der Waals surface area contributed by atoms with Gasteiger partial charge in [-0.05, 0) is 17.0 Å². The SMILES string of the molecule is CC(C)(C)c1ccccc1C(=O)NCC(O)C(N)=O. The molecule has 0 aromatic heterocycles. The van der Waals surface area contributed by atoms with E-state index in [0.29, 0.717) is 5.56 Å². The van der Waals surface area contributed by atoms with Crippen LogP contribution in [0.5, 0.6) is 0 Å². The van der Waals surface area contributed by atoms with Crippen molar-refractivity contribution in [2.24, 2.45) is 5.73 Å². The Morgan fingerprint density at radius 3 is 2.42 bits per heavy atom. The van der Waals surface area contributed by atoms with Gasteiger partial charge in [0.25, 0.3) is 5.91 Å². The predicted molar refractivity (Wildman–Crippen MR) is 72.7 cm³/mol. The van der Waals surface area contributed by atoms with Crippen molar-refractivity contribution in [2.75, 3.05) is 6.54 Å². The summed E-state index contributed by atoms with van der Waals surface area (Å²) in [4.78, 5) is 22.8. The van der Waals surface area contributed by atoms with Crippen LogP contribution in [0.15, 0.2) is 24.3 Å². The predicted octanol–water partition coefficient (Wildman–Crippen LogP) is 0.560. The average Bonchev–Trinajstić information content (AvgIpc) is 2.34. The van der Waals surface area contributed by atoms with Gasteiger partial charge in [0.05, 0.1) is 6.54 Å². The topological polar surface area (TPSA) is 92.4 Å². The Hall–Kier alpha value is -1.88. The van der Waals surface area contributed by atoms with Crippen LogP contribution in [0.2, 0.25) is 0 Å². The lowest BCUT2D eigenvalue weighted by Crippen LogP contribution is -2.40.